The fraction of sp³-hybridized carbons (Fsp3) is 0.200. The van der Waals surface area contributed by atoms with Crippen LogP contribution in [0.2, 0.25) is 0 Å². The molecule has 1 saturated heterocycles. The highest BCUT2D eigenvalue weighted by Crippen LogP contribution is 2.21. The summed E-state index contributed by atoms with van der Waals surface area (Å²) in [4.78, 5) is 11.4. The Balaban J connectivity index is 2.41. The van der Waals surface area contributed by atoms with Gasteiger partial charge >= 0.3 is 0 Å². The summed E-state index contributed by atoms with van der Waals surface area (Å²) in [6.45, 7) is 1.84. The van der Waals surface area contributed by atoms with Crippen LogP contribution in [0.15, 0.2) is 18.2 Å². The standard InChI is InChI=1S/C10H9FN2OS/c1-5-2-3-7(11)6(4-5)8-9(14)13-10(15)12-8/h2-4,8H,1H3,(H2,12,13,14,15). The molecule has 1 amide bonds. The Labute approximate surface area is 91.7 Å². The van der Waals surface area contributed by atoms with Crippen LogP contribution in [0.3, 0.4) is 0 Å². The van der Waals surface area contributed by atoms with Gasteiger partial charge in [0.1, 0.15) is 11.9 Å². The maximum Gasteiger partial charge on any atom is 0.253 e. The van der Waals surface area contributed by atoms with Crippen molar-refractivity contribution < 1.29 is 9.18 Å². The Morgan fingerprint density at radius 2 is 2.20 bits per heavy atom. The number of rotatable bonds is 1. The first-order valence-corrected chi connectivity index (χ1v) is 4.86. The van der Waals surface area contributed by atoms with Gasteiger partial charge in [-0.15, -0.1) is 0 Å². The van der Waals surface area contributed by atoms with Crippen molar-refractivity contribution >= 4 is 23.2 Å². The van der Waals surface area contributed by atoms with E-state index in [0.29, 0.717) is 5.56 Å². The van der Waals surface area contributed by atoms with Crippen LogP contribution in [0.25, 0.3) is 0 Å². The second-order valence-electron chi connectivity index (χ2n) is 3.42. The average molecular weight is 224 g/mol. The zero-order valence-electron chi connectivity index (χ0n) is 8.00. The summed E-state index contributed by atoms with van der Waals surface area (Å²) in [5, 5.41) is 5.39. The molecule has 0 aliphatic carbocycles. The first-order chi connectivity index (χ1) is 7.08. The predicted octanol–water partition coefficient (Wildman–Crippen LogP) is 1.18. The van der Waals surface area contributed by atoms with Crippen molar-refractivity contribution in [1.29, 1.82) is 0 Å². The second kappa shape index (κ2) is 3.58. The minimum atomic E-state index is -0.711. The van der Waals surface area contributed by atoms with Crippen molar-refractivity contribution in [3.8, 4) is 0 Å². The SMILES string of the molecule is Cc1ccc(F)c(C2NC(=S)NC2=O)c1. The number of benzene rings is 1. The third-order valence-electron chi connectivity index (χ3n) is 2.24. The Morgan fingerprint density at radius 3 is 2.80 bits per heavy atom. The van der Waals surface area contributed by atoms with Gasteiger partial charge in [0.25, 0.3) is 5.91 Å². The van der Waals surface area contributed by atoms with Crippen LogP contribution in [0.4, 0.5) is 4.39 Å². The molecule has 0 saturated carbocycles. The van der Waals surface area contributed by atoms with Crippen molar-refractivity contribution in [2.45, 2.75) is 13.0 Å². The summed E-state index contributed by atoms with van der Waals surface area (Å²) in [7, 11) is 0. The van der Waals surface area contributed by atoms with Crippen molar-refractivity contribution in [3.63, 3.8) is 0 Å². The number of amides is 1. The van der Waals surface area contributed by atoms with Gasteiger partial charge in [-0.05, 0) is 25.2 Å². The molecule has 1 aliphatic rings. The smallest absolute Gasteiger partial charge is 0.253 e. The molecule has 5 heteroatoms. The van der Waals surface area contributed by atoms with Gasteiger partial charge in [-0.25, -0.2) is 4.39 Å². The van der Waals surface area contributed by atoms with Gasteiger partial charge in [0.05, 0.1) is 0 Å². The molecule has 1 heterocycles. The molecule has 1 unspecified atom stereocenters. The maximum atomic E-state index is 13.5. The van der Waals surface area contributed by atoms with Crippen molar-refractivity contribution in [3.05, 3.63) is 35.1 Å². The lowest BCUT2D eigenvalue weighted by Gasteiger charge is -2.09. The molecule has 1 fully saturated rings. The number of carbonyl (C=O) groups excluding carboxylic acids is 1. The molecule has 15 heavy (non-hydrogen) atoms. The third-order valence-corrected chi connectivity index (χ3v) is 2.46. The van der Waals surface area contributed by atoms with Crippen LogP contribution in [0.5, 0.6) is 0 Å². The van der Waals surface area contributed by atoms with E-state index >= 15 is 0 Å². The quantitative estimate of drug-likeness (QED) is 0.704. The minimum Gasteiger partial charge on any atom is -0.347 e. The Kier molecular flexibility index (Phi) is 2.40. The van der Waals surface area contributed by atoms with Gasteiger partial charge in [-0.1, -0.05) is 17.7 Å². The van der Waals surface area contributed by atoms with Crippen LogP contribution in [0.1, 0.15) is 17.2 Å². The molecular formula is C10H9FN2OS. The molecule has 0 aromatic heterocycles. The topological polar surface area (TPSA) is 41.1 Å². The lowest BCUT2D eigenvalue weighted by atomic mass is 10.0. The summed E-state index contributed by atoms with van der Waals surface area (Å²) in [5.74, 6) is -0.720. The van der Waals surface area contributed by atoms with Gasteiger partial charge in [-0.3, -0.25) is 4.79 Å². The van der Waals surface area contributed by atoms with E-state index in [1.165, 1.54) is 6.07 Å². The van der Waals surface area contributed by atoms with E-state index in [4.69, 9.17) is 12.2 Å². The van der Waals surface area contributed by atoms with E-state index in [2.05, 4.69) is 10.6 Å². The van der Waals surface area contributed by atoms with Gasteiger partial charge in [0.15, 0.2) is 5.11 Å². The van der Waals surface area contributed by atoms with E-state index < -0.39 is 11.9 Å². The zero-order chi connectivity index (χ0) is 11.0. The van der Waals surface area contributed by atoms with E-state index in [1.807, 2.05) is 6.92 Å². The third kappa shape index (κ3) is 1.83. The maximum absolute atomic E-state index is 13.5. The monoisotopic (exact) mass is 224 g/mol. The molecule has 3 nitrogen and oxygen atoms in total. The van der Waals surface area contributed by atoms with Gasteiger partial charge in [-0.2, -0.15) is 0 Å². The molecular weight excluding hydrogens is 215 g/mol. The number of thiocarbonyl (C=S) groups is 1. The Bertz CT molecular complexity index is 447. The fourth-order valence-electron chi connectivity index (χ4n) is 1.52. The Morgan fingerprint density at radius 1 is 1.47 bits per heavy atom. The number of nitrogens with one attached hydrogen (secondary N) is 2. The van der Waals surface area contributed by atoms with E-state index in [9.17, 15) is 9.18 Å². The molecule has 0 spiro atoms. The van der Waals surface area contributed by atoms with Crippen LogP contribution >= 0.6 is 12.2 Å². The predicted molar refractivity (Wildman–Crippen MR) is 57.8 cm³/mol. The summed E-state index contributed by atoms with van der Waals surface area (Å²) in [5.41, 5.74) is 1.23. The molecule has 2 rings (SSSR count). The summed E-state index contributed by atoms with van der Waals surface area (Å²) >= 11 is 4.78. The van der Waals surface area contributed by atoms with Gasteiger partial charge in [0.2, 0.25) is 0 Å². The molecule has 1 aromatic rings. The van der Waals surface area contributed by atoms with Crippen molar-refractivity contribution in [2.75, 3.05) is 0 Å². The molecule has 1 atom stereocenters. The highest BCUT2D eigenvalue weighted by molar-refractivity contribution is 7.80. The van der Waals surface area contributed by atoms with Crippen LogP contribution in [0, 0.1) is 12.7 Å². The van der Waals surface area contributed by atoms with Crippen LogP contribution < -0.4 is 10.6 Å². The minimum absolute atomic E-state index is 0.242. The largest absolute Gasteiger partial charge is 0.347 e. The molecule has 78 valence electrons. The second-order valence-corrected chi connectivity index (χ2v) is 3.83. The van der Waals surface area contributed by atoms with Crippen molar-refractivity contribution in [1.82, 2.24) is 10.6 Å². The summed E-state index contributed by atoms with van der Waals surface area (Å²) in [6, 6.07) is 3.93. The Hall–Kier alpha value is -1.49. The fourth-order valence-corrected chi connectivity index (χ4v) is 1.74. The van der Waals surface area contributed by atoms with E-state index in [-0.39, 0.29) is 11.0 Å². The van der Waals surface area contributed by atoms with Gasteiger partial charge < -0.3 is 10.6 Å². The average Bonchev–Trinajstić information content (AvgIpc) is 2.50. The molecule has 0 radical (unpaired) electrons. The number of aryl methyl sites for hydroxylation is 1. The number of hydrogen-bond donors (Lipinski definition) is 2. The summed E-state index contributed by atoms with van der Waals surface area (Å²) < 4.78 is 13.5. The van der Waals surface area contributed by atoms with E-state index in [0.717, 1.165) is 5.56 Å². The number of hydrogen-bond acceptors (Lipinski definition) is 2. The van der Waals surface area contributed by atoms with E-state index in [1.54, 1.807) is 12.1 Å². The molecule has 2 N–H and O–H groups in total. The normalized spacial score (nSPS) is 20.0. The zero-order valence-corrected chi connectivity index (χ0v) is 8.82. The molecule has 1 aliphatic heterocycles. The van der Waals surface area contributed by atoms with Crippen LogP contribution in [-0.4, -0.2) is 11.0 Å². The lowest BCUT2D eigenvalue weighted by molar-refractivity contribution is -0.120. The first kappa shape index (κ1) is 10.0. The molecule has 1 aromatic carbocycles. The van der Waals surface area contributed by atoms with Crippen molar-refractivity contribution in [2.24, 2.45) is 0 Å². The van der Waals surface area contributed by atoms with Gasteiger partial charge in [0, 0.05) is 5.56 Å². The number of carbonyl (C=O) groups is 1. The number of halogens is 1. The highest BCUT2D eigenvalue weighted by Gasteiger charge is 2.30. The highest BCUT2D eigenvalue weighted by atomic mass is 32.1. The first-order valence-electron chi connectivity index (χ1n) is 4.45. The lowest BCUT2D eigenvalue weighted by Crippen LogP contribution is -2.21. The van der Waals surface area contributed by atoms with Crippen LogP contribution in [-0.2, 0) is 4.79 Å². The molecule has 0 bridgehead atoms. The summed E-state index contributed by atoms with van der Waals surface area (Å²) in [6.07, 6.45) is 0.